The van der Waals surface area contributed by atoms with E-state index in [-0.39, 0.29) is 0 Å². The molecule has 0 aromatic heterocycles. The molecule has 5 rings (SSSR count). The monoisotopic (exact) mass is 257 g/mol. The van der Waals surface area contributed by atoms with Gasteiger partial charge in [0.1, 0.15) is 0 Å². The van der Waals surface area contributed by atoms with Crippen molar-refractivity contribution in [3.63, 3.8) is 0 Å². The van der Waals surface area contributed by atoms with E-state index in [1.54, 1.807) is 5.56 Å². The molecule has 3 aliphatic heterocycles. The normalized spacial score (nSPS) is 35.1. The summed E-state index contributed by atoms with van der Waals surface area (Å²) < 4.78 is 11.1. The predicted octanol–water partition coefficient (Wildman–Crippen LogP) is 2.89. The lowest BCUT2D eigenvalue weighted by molar-refractivity contribution is 0.134. The fraction of sp³-hybridized carbons (Fsp3) is 0.625. The molecule has 0 spiro atoms. The third kappa shape index (κ3) is 1.37. The first kappa shape index (κ1) is 10.6. The zero-order valence-electron chi connectivity index (χ0n) is 11.1. The zero-order chi connectivity index (χ0) is 12.4. The van der Waals surface area contributed by atoms with Crippen LogP contribution in [0.2, 0.25) is 0 Å². The van der Waals surface area contributed by atoms with Gasteiger partial charge < -0.3 is 9.47 Å². The number of nitrogens with zero attached hydrogens (tertiary/aromatic N) is 1. The molecule has 1 saturated heterocycles. The molecule has 0 bridgehead atoms. The second-order valence-electron chi connectivity index (χ2n) is 6.45. The molecule has 100 valence electrons. The Bertz CT molecular complexity index is 542. The Morgan fingerprint density at radius 2 is 1.95 bits per heavy atom. The average Bonchev–Trinajstić information content (AvgIpc) is 3.05. The van der Waals surface area contributed by atoms with Crippen LogP contribution in [-0.2, 0) is 6.54 Å². The number of hydrogen-bond acceptors (Lipinski definition) is 3. The Labute approximate surface area is 113 Å². The molecule has 4 aliphatic rings. The van der Waals surface area contributed by atoms with E-state index in [2.05, 4.69) is 17.0 Å². The summed E-state index contributed by atoms with van der Waals surface area (Å²) in [5.74, 6) is 3.59. The van der Waals surface area contributed by atoms with Crippen molar-refractivity contribution in [1.29, 1.82) is 0 Å². The molecule has 0 amide bonds. The van der Waals surface area contributed by atoms with E-state index in [0.29, 0.717) is 6.79 Å². The van der Waals surface area contributed by atoms with Crippen molar-refractivity contribution in [2.45, 2.75) is 44.2 Å². The summed E-state index contributed by atoms with van der Waals surface area (Å²) in [7, 11) is 0. The van der Waals surface area contributed by atoms with E-state index in [1.807, 2.05) is 0 Å². The van der Waals surface area contributed by atoms with Crippen molar-refractivity contribution in [3.05, 3.63) is 23.3 Å². The second kappa shape index (κ2) is 3.66. The standard InChI is InChI=1S/C16H19NO2/c1-2-10-4-5-17-8-11-6-14-15(19-9-18-14)7-13(11)12(3-1)16(10)17/h6-7,10,12,16H,1-5,8-9H2/t10-,12+,16+/m0/s1. The van der Waals surface area contributed by atoms with Crippen LogP contribution in [0, 0.1) is 5.92 Å². The summed E-state index contributed by atoms with van der Waals surface area (Å²) in [6.07, 6.45) is 5.59. The Balaban J connectivity index is 1.65. The van der Waals surface area contributed by atoms with Crippen molar-refractivity contribution in [1.82, 2.24) is 4.90 Å². The van der Waals surface area contributed by atoms with E-state index in [0.717, 1.165) is 35.9 Å². The summed E-state index contributed by atoms with van der Waals surface area (Å²) in [6, 6.07) is 5.32. The van der Waals surface area contributed by atoms with E-state index < -0.39 is 0 Å². The quantitative estimate of drug-likeness (QED) is 0.713. The molecule has 0 unspecified atom stereocenters. The highest BCUT2D eigenvalue weighted by Crippen LogP contribution is 2.51. The van der Waals surface area contributed by atoms with Crippen molar-refractivity contribution in [2.75, 3.05) is 13.3 Å². The van der Waals surface area contributed by atoms with Gasteiger partial charge in [0, 0.05) is 18.5 Å². The van der Waals surface area contributed by atoms with E-state index in [1.165, 1.54) is 37.8 Å². The van der Waals surface area contributed by atoms with Crippen LogP contribution in [0.5, 0.6) is 11.5 Å². The van der Waals surface area contributed by atoms with Crippen LogP contribution in [0.25, 0.3) is 0 Å². The van der Waals surface area contributed by atoms with Gasteiger partial charge in [-0.25, -0.2) is 0 Å². The second-order valence-corrected chi connectivity index (χ2v) is 6.45. The number of benzene rings is 1. The maximum absolute atomic E-state index is 5.58. The van der Waals surface area contributed by atoms with Gasteiger partial charge in [0.15, 0.2) is 11.5 Å². The molecule has 0 N–H and O–H groups in total. The topological polar surface area (TPSA) is 21.7 Å². The Morgan fingerprint density at radius 3 is 2.89 bits per heavy atom. The van der Waals surface area contributed by atoms with Crippen molar-refractivity contribution in [3.8, 4) is 11.5 Å². The summed E-state index contributed by atoms with van der Waals surface area (Å²) in [5.41, 5.74) is 3.03. The molecule has 1 aromatic rings. The van der Waals surface area contributed by atoms with Crippen molar-refractivity contribution >= 4 is 0 Å². The number of hydrogen-bond donors (Lipinski definition) is 0. The molecule has 0 radical (unpaired) electrons. The maximum atomic E-state index is 5.58. The van der Waals surface area contributed by atoms with Gasteiger partial charge in [0.05, 0.1) is 0 Å². The fourth-order valence-corrected chi connectivity index (χ4v) is 4.84. The zero-order valence-corrected chi connectivity index (χ0v) is 11.1. The van der Waals surface area contributed by atoms with Gasteiger partial charge in [-0.05, 0) is 55.0 Å². The lowest BCUT2D eigenvalue weighted by Gasteiger charge is -2.43. The third-order valence-electron chi connectivity index (χ3n) is 5.60. The highest BCUT2D eigenvalue weighted by atomic mass is 16.7. The van der Waals surface area contributed by atoms with Crippen LogP contribution in [0.4, 0.5) is 0 Å². The summed E-state index contributed by atoms with van der Waals surface area (Å²) in [6.45, 7) is 2.79. The predicted molar refractivity (Wildman–Crippen MR) is 71.5 cm³/mol. The largest absolute Gasteiger partial charge is 0.454 e. The summed E-state index contributed by atoms with van der Waals surface area (Å²) >= 11 is 0. The molecule has 19 heavy (non-hydrogen) atoms. The molecule has 1 aromatic carbocycles. The smallest absolute Gasteiger partial charge is 0.231 e. The minimum atomic E-state index is 0.388. The molecular formula is C16H19NO2. The van der Waals surface area contributed by atoms with Gasteiger partial charge >= 0.3 is 0 Å². The first-order chi connectivity index (χ1) is 9.40. The summed E-state index contributed by atoms with van der Waals surface area (Å²) in [4.78, 5) is 2.72. The molecular weight excluding hydrogens is 238 g/mol. The van der Waals surface area contributed by atoms with E-state index in [4.69, 9.17) is 9.47 Å². The van der Waals surface area contributed by atoms with E-state index in [9.17, 15) is 0 Å². The fourth-order valence-electron chi connectivity index (χ4n) is 4.84. The van der Waals surface area contributed by atoms with Gasteiger partial charge in [-0.15, -0.1) is 0 Å². The minimum absolute atomic E-state index is 0.388. The molecule has 1 aliphatic carbocycles. The number of ether oxygens (including phenoxy) is 2. The first-order valence-electron chi connectivity index (χ1n) is 7.56. The molecule has 3 heterocycles. The minimum Gasteiger partial charge on any atom is -0.454 e. The maximum Gasteiger partial charge on any atom is 0.231 e. The molecule has 3 heteroatoms. The van der Waals surface area contributed by atoms with Crippen LogP contribution in [0.3, 0.4) is 0 Å². The number of rotatable bonds is 0. The van der Waals surface area contributed by atoms with Crippen LogP contribution >= 0.6 is 0 Å². The van der Waals surface area contributed by atoms with Crippen molar-refractivity contribution < 1.29 is 9.47 Å². The van der Waals surface area contributed by atoms with Crippen LogP contribution in [0.15, 0.2) is 12.1 Å². The lowest BCUT2D eigenvalue weighted by Crippen LogP contribution is -2.43. The van der Waals surface area contributed by atoms with Crippen molar-refractivity contribution in [2.24, 2.45) is 5.92 Å². The Morgan fingerprint density at radius 1 is 1.05 bits per heavy atom. The molecule has 1 saturated carbocycles. The van der Waals surface area contributed by atoms with Gasteiger partial charge in [-0.1, -0.05) is 6.42 Å². The molecule has 3 nitrogen and oxygen atoms in total. The Kier molecular flexibility index (Phi) is 2.03. The highest BCUT2D eigenvalue weighted by Gasteiger charge is 2.45. The number of fused-ring (bicyclic) bond motifs is 3. The molecule has 2 fully saturated rings. The van der Waals surface area contributed by atoms with Gasteiger partial charge in [0.2, 0.25) is 6.79 Å². The van der Waals surface area contributed by atoms with Gasteiger partial charge in [-0.3, -0.25) is 4.90 Å². The highest BCUT2D eigenvalue weighted by molar-refractivity contribution is 5.51. The van der Waals surface area contributed by atoms with Crippen LogP contribution < -0.4 is 9.47 Å². The first-order valence-corrected chi connectivity index (χ1v) is 7.56. The SMILES string of the molecule is c1c2c(cc3c1OCO3)[C@H]1CCC[C@H]3CCN(C2)[C@H]31. The summed E-state index contributed by atoms with van der Waals surface area (Å²) in [5, 5.41) is 0. The van der Waals surface area contributed by atoms with Gasteiger partial charge in [0.25, 0.3) is 0 Å². The average molecular weight is 257 g/mol. The van der Waals surface area contributed by atoms with Crippen LogP contribution in [0.1, 0.15) is 42.7 Å². The van der Waals surface area contributed by atoms with E-state index >= 15 is 0 Å². The third-order valence-corrected chi connectivity index (χ3v) is 5.60. The Hall–Kier alpha value is -1.22. The molecule has 3 atom stereocenters. The lowest BCUT2D eigenvalue weighted by atomic mass is 9.71. The van der Waals surface area contributed by atoms with Gasteiger partial charge in [-0.2, -0.15) is 0 Å². The van der Waals surface area contributed by atoms with Crippen LogP contribution in [-0.4, -0.2) is 24.3 Å².